The molecular formula is C26H16B2O2. The van der Waals surface area contributed by atoms with Crippen LogP contribution in [0.25, 0.3) is 0 Å². The number of benzene rings is 4. The van der Waals surface area contributed by atoms with E-state index in [-0.39, 0.29) is 13.4 Å². The summed E-state index contributed by atoms with van der Waals surface area (Å²) in [6, 6.07) is 32.7. The minimum atomic E-state index is -0.0340. The van der Waals surface area contributed by atoms with Gasteiger partial charge in [0.05, 0.1) is 0 Å². The molecule has 0 N–H and O–H groups in total. The summed E-state index contributed by atoms with van der Waals surface area (Å²) in [5, 5.41) is 0. The number of para-hydroxylation sites is 4. The highest BCUT2D eigenvalue weighted by Crippen LogP contribution is 2.25. The number of hydrogen-bond acceptors (Lipinski definition) is 2. The van der Waals surface area contributed by atoms with Crippen LogP contribution < -0.4 is 31.3 Å². The number of rotatable bonds is 0. The Morgan fingerprint density at radius 1 is 0.400 bits per heavy atom. The maximum Gasteiger partial charge on any atom is 0.302 e. The lowest BCUT2D eigenvalue weighted by molar-refractivity contribution is 0.487. The maximum absolute atomic E-state index is 6.12. The van der Waals surface area contributed by atoms with Crippen molar-refractivity contribution in [3.05, 3.63) is 97.1 Å². The van der Waals surface area contributed by atoms with Crippen LogP contribution in [0, 0.1) is 11.6 Å². The van der Waals surface area contributed by atoms with Gasteiger partial charge in [-0.25, -0.2) is 0 Å². The average Bonchev–Trinajstić information content (AvgIpc) is 2.81. The fourth-order valence-corrected chi connectivity index (χ4v) is 4.30. The molecule has 0 saturated carbocycles. The van der Waals surface area contributed by atoms with Crippen molar-refractivity contribution < 1.29 is 9.47 Å². The van der Waals surface area contributed by atoms with Crippen molar-refractivity contribution in [1.82, 2.24) is 0 Å². The smallest absolute Gasteiger partial charge is 0.302 e. The summed E-state index contributed by atoms with van der Waals surface area (Å²) in [5.74, 6) is 10.7. The molecule has 0 saturated heterocycles. The molecule has 0 unspecified atom stereocenters. The molecule has 6 rings (SSSR count). The average molecular weight is 382 g/mol. The van der Waals surface area contributed by atoms with Crippen LogP contribution in [0.5, 0.6) is 23.0 Å². The van der Waals surface area contributed by atoms with Gasteiger partial charge in [-0.3, -0.25) is 0 Å². The van der Waals surface area contributed by atoms with Crippen molar-refractivity contribution in [2.24, 2.45) is 0 Å². The molecular weight excluding hydrogens is 366 g/mol. The fraction of sp³-hybridized carbons (Fsp3) is 0. The van der Waals surface area contributed by atoms with E-state index in [2.05, 4.69) is 35.9 Å². The highest BCUT2D eigenvalue weighted by atomic mass is 16.5. The van der Waals surface area contributed by atoms with Crippen molar-refractivity contribution >= 4 is 35.3 Å². The summed E-state index contributed by atoms with van der Waals surface area (Å²) in [6.07, 6.45) is 0. The van der Waals surface area contributed by atoms with E-state index in [4.69, 9.17) is 9.47 Å². The number of ether oxygens (including phenoxy) is 2. The monoisotopic (exact) mass is 382 g/mol. The second-order valence-corrected chi connectivity index (χ2v) is 7.51. The van der Waals surface area contributed by atoms with Crippen LogP contribution in [-0.4, -0.2) is 13.4 Å². The number of fused-ring (bicyclic) bond motifs is 4. The van der Waals surface area contributed by atoms with Crippen molar-refractivity contribution in [1.29, 1.82) is 0 Å². The van der Waals surface area contributed by atoms with Crippen LogP contribution in [0.3, 0.4) is 0 Å². The third-order valence-corrected chi connectivity index (χ3v) is 5.73. The summed E-state index contributed by atoms with van der Waals surface area (Å²) >= 11 is 0. The van der Waals surface area contributed by atoms with Crippen molar-refractivity contribution in [3.8, 4) is 34.6 Å². The Labute approximate surface area is 176 Å². The highest BCUT2D eigenvalue weighted by molar-refractivity contribution is 6.97. The van der Waals surface area contributed by atoms with Crippen LogP contribution in [0.4, 0.5) is 0 Å². The zero-order valence-corrected chi connectivity index (χ0v) is 16.2. The first-order valence-electron chi connectivity index (χ1n) is 10.1. The van der Waals surface area contributed by atoms with Crippen LogP contribution >= 0.6 is 0 Å². The Kier molecular flexibility index (Phi) is 3.92. The minimum absolute atomic E-state index is 0.0340. The Bertz CT molecular complexity index is 1140. The summed E-state index contributed by atoms with van der Waals surface area (Å²) < 4.78 is 12.2. The van der Waals surface area contributed by atoms with E-state index in [0.29, 0.717) is 0 Å². The normalized spacial score (nSPS) is 12.8. The molecule has 0 aromatic heterocycles. The molecule has 4 aromatic rings. The van der Waals surface area contributed by atoms with Gasteiger partial charge in [0, 0.05) is 0 Å². The molecule has 2 heterocycles. The molecule has 2 nitrogen and oxygen atoms in total. The Hall–Kier alpha value is -3.83. The van der Waals surface area contributed by atoms with Crippen molar-refractivity contribution in [2.45, 2.75) is 0 Å². The van der Waals surface area contributed by atoms with Crippen molar-refractivity contribution in [3.63, 3.8) is 0 Å². The molecule has 2 aliphatic heterocycles. The van der Waals surface area contributed by atoms with E-state index in [9.17, 15) is 0 Å². The van der Waals surface area contributed by atoms with Gasteiger partial charge in [-0.2, -0.15) is 11.6 Å². The molecule has 0 amide bonds. The van der Waals surface area contributed by atoms with E-state index < -0.39 is 0 Å². The molecule has 30 heavy (non-hydrogen) atoms. The molecule has 0 atom stereocenters. The summed E-state index contributed by atoms with van der Waals surface area (Å²) in [4.78, 5) is 0. The molecule has 0 aliphatic carbocycles. The SMILES string of the molecule is C(#CB1c2ccccc2Oc2ccccc21)B1c2ccccc2Oc2ccccc21. The molecule has 0 spiro atoms. The zero-order chi connectivity index (χ0) is 19.9. The predicted molar refractivity (Wildman–Crippen MR) is 124 cm³/mol. The van der Waals surface area contributed by atoms with Gasteiger partial charge in [0.15, 0.2) is 0 Å². The Morgan fingerprint density at radius 2 is 0.667 bits per heavy atom. The van der Waals surface area contributed by atoms with Gasteiger partial charge in [-0.1, -0.05) is 72.8 Å². The summed E-state index contributed by atoms with van der Waals surface area (Å²) in [5.41, 5.74) is 4.43. The second-order valence-electron chi connectivity index (χ2n) is 7.51. The second kappa shape index (κ2) is 6.90. The maximum atomic E-state index is 6.12. The van der Waals surface area contributed by atoms with Gasteiger partial charge in [0.2, 0.25) is 0 Å². The molecule has 138 valence electrons. The summed E-state index contributed by atoms with van der Waals surface area (Å²) in [6.45, 7) is -0.0679. The van der Waals surface area contributed by atoms with Crippen molar-refractivity contribution in [2.75, 3.05) is 0 Å². The molecule has 4 aromatic carbocycles. The topological polar surface area (TPSA) is 18.5 Å². The fourth-order valence-electron chi connectivity index (χ4n) is 4.30. The van der Waals surface area contributed by atoms with Gasteiger partial charge in [0.1, 0.15) is 23.0 Å². The molecule has 2 aliphatic rings. The first kappa shape index (κ1) is 17.1. The van der Waals surface area contributed by atoms with Crippen LogP contribution in [-0.2, 0) is 0 Å². The molecule has 0 fully saturated rings. The third kappa shape index (κ3) is 2.71. The quantitative estimate of drug-likeness (QED) is 0.344. The lowest BCUT2D eigenvalue weighted by Crippen LogP contribution is -2.48. The van der Waals surface area contributed by atoms with Gasteiger partial charge in [0.25, 0.3) is 0 Å². The van der Waals surface area contributed by atoms with Gasteiger partial charge in [-0.05, 0) is 46.1 Å². The first-order chi connectivity index (χ1) is 14.9. The Balaban J connectivity index is 1.51. The van der Waals surface area contributed by atoms with E-state index in [1.54, 1.807) is 0 Å². The lowest BCUT2D eigenvalue weighted by Gasteiger charge is -2.24. The van der Waals surface area contributed by atoms with Crippen LogP contribution in [0.2, 0.25) is 0 Å². The minimum Gasteiger partial charge on any atom is -0.458 e. The van der Waals surface area contributed by atoms with Gasteiger partial charge in [-0.15, -0.1) is 0 Å². The predicted octanol–water partition coefficient (Wildman–Crippen LogP) is 2.90. The molecule has 0 radical (unpaired) electrons. The third-order valence-electron chi connectivity index (χ3n) is 5.73. The van der Waals surface area contributed by atoms with Crippen LogP contribution in [0.15, 0.2) is 97.1 Å². The number of hydrogen-bond donors (Lipinski definition) is 0. The zero-order valence-electron chi connectivity index (χ0n) is 16.2. The first-order valence-corrected chi connectivity index (χ1v) is 10.1. The van der Waals surface area contributed by atoms with Gasteiger partial charge < -0.3 is 9.47 Å². The summed E-state index contributed by atoms with van der Waals surface area (Å²) in [7, 11) is 0. The highest BCUT2D eigenvalue weighted by Gasteiger charge is 2.32. The largest absolute Gasteiger partial charge is 0.458 e. The lowest BCUT2D eigenvalue weighted by atomic mass is 9.36. The Morgan fingerprint density at radius 3 is 0.967 bits per heavy atom. The van der Waals surface area contributed by atoms with E-state index in [0.717, 1.165) is 44.8 Å². The van der Waals surface area contributed by atoms with E-state index in [1.807, 2.05) is 72.8 Å². The molecule has 4 heteroatoms. The standard InChI is InChI=1S/C26H16B2O2/c1-5-13-23-19(9-1)27(20-10-2-6-14-24(20)29-23)17-18-28-21-11-3-7-15-25(21)30-26-16-8-4-12-22(26)28/h1-16H. The van der Waals surface area contributed by atoms with Gasteiger partial charge >= 0.3 is 13.4 Å². The van der Waals surface area contributed by atoms with E-state index >= 15 is 0 Å². The van der Waals surface area contributed by atoms with E-state index in [1.165, 1.54) is 0 Å². The van der Waals surface area contributed by atoms with Crippen LogP contribution in [0.1, 0.15) is 0 Å². The molecule has 0 bridgehead atoms.